The predicted molar refractivity (Wildman–Crippen MR) is 114 cm³/mol. The highest BCUT2D eigenvalue weighted by atomic mass is 35.5. The zero-order valence-corrected chi connectivity index (χ0v) is 18.8. The normalized spacial score (nSPS) is 10.6. The molecule has 0 spiro atoms. The molecule has 2 aromatic heterocycles. The maximum atomic E-state index is 2.32. The van der Waals surface area contributed by atoms with Crippen LogP contribution in [0.3, 0.4) is 0 Å². The van der Waals surface area contributed by atoms with Crippen LogP contribution in [0.1, 0.15) is 84.0 Å². The largest absolute Gasteiger partial charge is 1.00 e. The summed E-state index contributed by atoms with van der Waals surface area (Å²) in [6.07, 6.45) is 25.6. The van der Waals surface area contributed by atoms with Gasteiger partial charge in [-0.15, -0.1) is 0 Å². The predicted octanol–water partition coefficient (Wildman–Crippen LogP) is 3.17. The van der Waals surface area contributed by atoms with Crippen molar-refractivity contribution in [3.05, 3.63) is 49.1 Å². The van der Waals surface area contributed by atoms with E-state index in [2.05, 4.69) is 72.2 Å². The molecule has 2 rings (SSSR count). The standard InChI is InChI=1S/C25H40N2.ClH/c1-3-4-5-6-7-8-9-10-11-12-13-14-19-27-22-17-25(18-23-27)24-15-20-26(2)21-16-24;/h15-18,20-23H,3-14,19H2,1-2H3;1H/q+2;/p-1. The van der Waals surface area contributed by atoms with Gasteiger partial charge in [0.15, 0.2) is 24.8 Å². The number of aromatic nitrogens is 2. The molecule has 0 saturated heterocycles. The number of aryl methyl sites for hydroxylation is 2. The quantitative estimate of drug-likeness (QED) is 0.338. The number of nitrogens with zero attached hydrogens (tertiary/aromatic N) is 2. The lowest BCUT2D eigenvalue weighted by Crippen LogP contribution is -3.00. The fraction of sp³-hybridized carbons (Fsp3) is 0.600. The van der Waals surface area contributed by atoms with Gasteiger partial charge < -0.3 is 12.4 Å². The van der Waals surface area contributed by atoms with Gasteiger partial charge in [0.25, 0.3) is 0 Å². The van der Waals surface area contributed by atoms with Crippen molar-refractivity contribution >= 4 is 0 Å². The van der Waals surface area contributed by atoms with Crippen molar-refractivity contribution in [3.63, 3.8) is 0 Å². The van der Waals surface area contributed by atoms with Crippen LogP contribution >= 0.6 is 0 Å². The minimum atomic E-state index is 0. The van der Waals surface area contributed by atoms with Gasteiger partial charge in [0, 0.05) is 30.7 Å². The molecule has 0 atom stereocenters. The fourth-order valence-corrected chi connectivity index (χ4v) is 3.63. The monoisotopic (exact) mass is 403 g/mol. The SMILES string of the molecule is CCCCCCCCCCCCCC[n+]1ccc(-c2cc[n+](C)cc2)cc1.[Cl-]. The molecule has 0 aliphatic heterocycles. The first kappa shape index (κ1) is 24.6. The van der Waals surface area contributed by atoms with Gasteiger partial charge >= 0.3 is 0 Å². The molecule has 0 radical (unpaired) electrons. The minimum absolute atomic E-state index is 0. The van der Waals surface area contributed by atoms with Gasteiger partial charge in [0.2, 0.25) is 0 Å². The van der Waals surface area contributed by atoms with Crippen LogP contribution in [0.5, 0.6) is 0 Å². The van der Waals surface area contributed by atoms with E-state index < -0.39 is 0 Å². The van der Waals surface area contributed by atoms with E-state index in [0.29, 0.717) is 0 Å². The van der Waals surface area contributed by atoms with E-state index in [1.165, 1.54) is 88.2 Å². The molecule has 0 unspecified atom stereocenters. The minimum Gasteiger partial charge on any atom is -1.00 e. The van der Waals surface area contributed by atoms with Crippen molar-refractivity contribution in [1.82, 2.24) is 0 Å². The summed E-state index contributed by atoms with van der Waals surface area (Å²) in [6.45, 7) is 3.43. The van der Waals surface area contributed by atoms with Gasteiger partial charge in [0.1, 0.15) is 13.6 Å². The van der Waals surface area contributed by atoms with Crippen LogP contribution in [0.25, 0.3) is 11.1 Å². The molecular weight excluding hydrogens is 364 g/mol. The Balaban J connectivity index is 0.00000392. The Hall–Kier alpha value is -1.41. The number of hydrogen-bond donors (Lipinski definition) is 0. The molecule has 0 N–H and O–H groups in total. The summed E-state index contributed by atoms with van der Waals surface area (Å²) in [5.41, 5.74) is 2.58. The van der Waals surface area contributed by atoms with Crippen molar-refractivity contribution < 1.29 is 21.5 Å². The Labute approximate surface area is 179 Å². The molecule has 0 aliphatic rings. The van der Waals surface area contributed by atoms with Crippen LogP contribution in [-0.2, 0) is 13.6 Å². The van der Waals surface area contributed by atoms with E-state index in [0.717, 1.165) is 6.54 Å². The Morgan fingerprint density at radius 2 is 0.964 bits per heavy atom. The van der Waals surface area contributed by atoms with Gasteiger partial charge in [-0.2, -0.15) is 0 Å². The van der Waals surface area contributed by atoms with E-state index >= 15 is 0 Å². The highest BCUT2D eigenvalue weighted by molar-refractivity contribution is 5.60. The zero-order chi connectivity index (χ0) is 19.2. The van der Waals surface area contributed by atoms with Crippen LogP contribution < -0.4 is 21.5 Å². The van der Waals surface area contributed by atoms with Crippen LogP contribution in [0.15, 0.2) is 49.1 Å². The summed E-state index contributed by atoms with van der Waals surface area (Å²) in [5.74, 6) is 0. The third kappa shape index (κ3) is 10.2. The molecule has 0 aliphatic carbocycles. The second kappa shape index (κ2) is 15.5. The third-order valence-corrected chi connectivity index (χ3v) is 5.47. The van der Waals surface area contributed by atoms with E-state index in [1.54, 1.807) is 0 Å². The van der Waals surface area contributed by atoms with E-state index in [4.69, 9.17) is 0 Å². The van der Waals surface area contributed by atoms with Crippen molar-refractivity contribution in [2.24, 2.45) is 7.05 Å². The summed E-state index contributed by atoms with van der Waals surface area (Å²) < 4.78 is 4.39. The lowest BCUT2D eigenvalue weighted by Gasteiger charge is -2.03. The van der Waals surface area contributed by atoms with Crippen molar-refractivity contribution in [1.29, 1.82) is 0 Å². The third-order valence-electron chi connectivity index (χ3n) is 5.47. The van der Waals surface area contributed by atoms with E-state index in [-0.39, 0.29) is 12.4 Å². The number of rotatable bonds is 14. The Kier molecular flexibility index (Phi) is 13.6. The smallest absolute Gasteiger partial charge is 0.169 e. The molecule has 28 heavy (non-hydrogen) atoms. The molecule has 0 amide bonds. The van der Waals surface area contributed by atoms with E-state index in [1.807, 2.05) is 0 Å². The number of unbranched alkanes of at least 4 members (excludes halogenated alkanes) is 11. The molecule has 2 aromatic rings. The maximum absolute atomic E-state index is 2.32. The molecule has 0 saturated carbocycles. The summed E-state index contributed by atoms with van der Waals surface area (Å²) in [6, 6.07) is 8.81. The highest BCUT2D eigenvalue weighted by Crippen LogP contribution is 2.15. The van der Waals surface area contributed by atoms with Gasteiger partial charge in [-0.1, -0.05) is 71.1 Å². The molecule has 0 aromatic carbocycles. The summed E-state index contributed by atoms with van der Waals surface area (Å²) in [5, 5.41) is 0. The highest BCUT2D eigenvalue weighted by Gasteiger charge is 2.04. The van der Waals surface area contributed by atoms with Crippen LogP contribution in [0.2, 0.25) is 0 Å². The molecule has 2 heterocycles. The summed E-state index contributed by atoms with van der Waals surface area (Å²) in [4.78, 5) is 0. The number of pyridine rings is 2. The second-order valence-corrected chi connectivity index (χ2v) is 7.97. The first-order valence-corrected chi connectivity index (χ1v) is 11.2. The average molecular weight is 404 g/mol. The first-order valence-electron chi connectivity index (χ1n) is 11.2. The first-order chi connectivity index (χ1) is 13.3. The van der Waals surface area contributed by atoms with Crippen LogP contribution in [0, 0.1) is 0 Å². The Bertz CT molecular complexity index is 607. The van der Waals surface area contributed by atoms with Gasteiger partial charge in [-0.05, 0) is 17.5 Å². The lowest BCUT2D eigenvalue weighted by molar-refractivity contribution is -0.697. The van der Waals surface area contributed by atoms with E-state index in [9.17, 15) is 0 Å². The zero-order valence-electron chi connectivity index (χ0n) is 18.1. The van der Waals surface area contributed by atoms with Gasteiger partial charge in [0.05, 0.1) is 0 Å². The maximum Gasteiger partial charge on any atom is 0.169 e. The van der Waals surface area contributed by atoms with Crippen molar-refractivity contribution in [2.75, 3.05) is 0 Å². The molecule has 0 bridgehead atoms. The van der Waals surface area contributed by atoms with Crippen molar-refractivity contribution in [3.8, 4) is 11.1 Å². The topological polar surface area (TPSA) is 7.76 Å². The lowest BCUT2D eigenvalue weighted by atomic mass is 10.1. The number of halogens is 1. The van der Waals surface area contributed by atoms with Crippen LogP contribution in [0.4, 0.5) is 0 Å². The molecule has 0 fully saturated rings. The summed E-state index contributed by atoms with van der Waals surface area (Å²) in [7, 11) is 2.05. The van der Waals surface area contributed by atoms with Gasteiger partial charge in [-0.3, -0.25) is 0 Å². The Morgan fingerprint density at radius 3 is 1.43 bits per heavy atom. The molecular formula is C25H40ClN2+. The second-order valence-electron chi connectivity index (χ2n) is 7.97. The molecule has 156 valence electrons. The molecule has 2 nitrogen and oxygen atoms in total. The Morgan fingerprint density at radius 1 is 0.571 bits per heavy atom. The number of hydrogen-bond acceptors (Lipinski definition) is 0. The van der Waals surface area contributed by atoms with Crippen LogP contribution in [-0.4, -0.2) is 0 Å². The fourth-order valence-electron chi connectivity index (χ4n) is 3.63. The average Bonchev–Trinajstić information content (AvgIpc) is 2.70. The van der Waals surface area contributed by atoms with Gasteiger partial charge in [-0.25, -0.2) is 9.13 Å². The summed E-state index contributed by atoms with van der Waals surface area (Å²) >= 11 is 0. The van der Waals surface area contributed by atoms with Crippen molar-refractivity contribution in [2.45, 2.75) is 90.5 Å². The molecule has 3 heteroatoms.